The number of para-hydroxylation sites is 1. The highest BCUT2D eigenvalue weighted by molar-refractivity contribution is 5.86. The Kier molecular flexibility index (Phi) is 6.27. The van der Waals surface area contributed by atoms with Gasteiger partial charge in [-0.3, -0.25) is 9.69 Å². The number of aromatic amines is 1. The first-order valence-electron chi connectivity index (χ1n) is 10.2. The summed E-state index contributed by atoms with van der Waals surface area (Å²) in [5.41, 5.74) is 1.84. The molecule has 2 heterocycles. The van der Waals surface area contributed by atoms with Crippen LogP contribution in [0.25, 0.3) is 10.9 Å². The van der Waals surface area contributed by atoms with E-state index in [0.717, 1.165) is 31.2 Å². The van der Waals surface area contributed by atoms with Crippen LogP contribution in [-0.2, 0) is 16.0 Å². The fourth-order valence-corrected chi connectivity index (χ4v) is 3.69. The minimum absolute atomic E-state index is 0.0792. The van der Waals surface area contributed by atoms with Gasteiger partial charge in [-0.15, -0.1) is 0 Å². The minimum Gasteiger partial charge on any atom is -0.444 e. The molecule has 1 atom stereocenters. The molecule has 0 spiro atoms. The number of aromatic nitrogens is 1. The van der Waals surface area contributed by atoms with Crippen molar-refractivity contribution in [3.63, 3.8) is 0 Å². The van der Waals surface area contributed by atoms with Crippen molar-refractivity contribution in [2.45, 2.75) is 64.5 Å². The van der Waals surface area contributed by atoms with Crippen molar-refractivity contribution in [1.82, 2.24) is 15.2 Å². The van der Waals surface area contributed by atoms with Crippen molar-refractivity contribution < 1.29 is 14.3 Å². The van der Waals surface area contributed by atoms with Gasteiger partial charge in [0.05, 0.1) is 0 Å². The van der Waals surface area contributed by atoms with Crippen LogP contribution in [0, 0.1) is 0 Å². The largest absolute Gasteiger partial charge is 0.444 e. The van der Waals surface area contributed by atoms with Crippen molar-refractivity contribution in [3.8, 4) is 0 Å². The van der Waals surface area contributed by atoms with E-state index < -0.39 is 17.7 Å². The molecular weight excluding hydrogens is 354 g/mol. The molecule has 1 aromatic carbocycles. The summed E-state index contributed by atoms with van der Waals surface area (Å²) in [4.78, 5) is 30.0. The molecule has 1 aliphatic rings. The van der Waals surface area contributed by atoms with Gasteiger partial charge in [-0.25, -0.2) is 4.79 Å². The zero-order chi connectivity index (χ0) is 20.1. The number of carbonyl (C=O) groups is 2. The van der Waals surface area contributed by atoms with Gasteiger partial charge in [0, 0.05) is 30.2 Å². The maximum absolute atomic E-state index is 12.7. The van der Waals surface area contributed by atoms with Gasteiger partial charge in [0.25, 0.3) is 0 Å². The molecule has 1 saturated heterocycles. The standard InChI is InChI=1S/C22H31N3O3/c1-22(2,3)28-21(27)25-14-7-6-12-19(25)20(26)23-13-8-9-16-15-24-18-11-5-4-10-17(16)18/h4-5,10-11,15,19,24H,6-9,12-14H2,1-3H3,(H,23,26)/t19-/m1/s1. The Morgan fingerprint density at radius 3 is 2.82 bits per heavy atom. The molecular formula is C22H31N3O3. The summed E-state index contributed by atoms with van der Waals surface area (Å²) < 4.78 is 5.48. The van der Waals surface area contributed by atoms with Gasteiger partial charge in [0.1, 0.15) is 11.6 Å². The summed E-state index contributed by atoms with van der Waals surface area (Å²) in [6, 6.07) is 7.80. The SMILES string of the molecule is CC(C)(C)OC(=O)N1CCCC[C@@H]1C(=O)NCCCc1c[nH]c2ccccc12. The molecule has 1 aliphatic heterocycles. The zero-order valence-corrected chi connectivity index (χ0v) is 17.1. The lowest BCUT2D eigenvalue weighted by atomic mass is 10.0. The number of fused-ring (bicyclic) bond motifs is 1. The summed E-state index contributed by atoms with van der Waals surface area (Å²) in [5, 5.41) is 4.25. The van der Waals surface area contributed by atoms with Crippen molar-refractivity contribution >= 4 is 22.9 Å². The van der Waals surface area contributed by atoms with Gasteiger partial charge in [0.15, 0.2) is 0 Å². The Labute approximate surface area is 166 Å². The normalized spacial score (nSPS) is 17.5. The van der Waals surface area contributed by atoms with Gasteiger partial charge >= 0.3 is 6.09 Å². The monoisotopic (exact) mass is 385 g/mol. The molecule has 0 bridgehead atoms. The number of piperidine rings is 1. The molecule has 0 radical (unpaired) electrons. The van der Waals surface area contributed by atoms with E-state index >= 15 is 0 Å². The van der Waals surface area contributed by atoms with Crippen LogP contribution in [0.2, 0.25) is 0 Å². The van der Waals surface area contributed by atoms with Crippen molar-refractivity contribution in [1.29, 1.82) is 0 Å². The van der Waals surface area contributed by atoms with E-state index in [-0.39, 0.29) is 5.91 Å². The highest BCUT2D eigenvalue weighted by Gasteiger charge is 2.34. The van der Waals surface area contributed by atoms with Gasteiger partial charge in [-0.1, -0.05) is 18.2 Å². The summed E-state index contributed by atoms with van der Waals surface area (Å²) in [6.07, 6.45) is 5.94. The average Bonchev–Trinajstić information content (AvgIpc) is 3.07. The number of amides is 2. The molecule has 0 saturated carbocycles. The average molecular weight is 386 g/mol. The maximum atomic E-state index is 12.7. The Hall–Kier alpha value is -2.50. The fraction of sp³-hybridized carbons (Fsp3) is 0.545. The Morgan fingerprint density at radius 1 is 1.25 bits per heavy atom. The molecule has 152 valence electrons. The maximum Gasteiger partial charge on any atom is 0.410 e. The number of benzene rings is 1. The van der Waals surface area contributed by atoms with E-state index in [1.54, 1.807) is 4.90 Å². The lowest BCUT2D eigenvalue weighted by Gasteiger charge is -2.35. The fourth-order valence-electron chi connectivity index (χ4n) is 3.69. The van der Waals surface area contributed by atoms with E-state index in [4.69, 9.17) is 4.74 Å². The van der Waals surface area contributed by atoms with Crippen LogP contribution in [0.4, 0.5) is 4.79 Å². The van der Waals surface area contributed by atoms with Gasteiger partial charge in [-0.2, -0.15) is 0 Å². The van der Waals surface area contributed by atoms with E-state index in [2.05, 4.69) is 22.4 Å². The lowest BCUT2D eigenvalue weighted by Crippen LogP contribution is -2.53. The molecule has 6 heteroatoms. The second-order valence-corrected chi connectivity index (χ2v) is 8.44. The van der Waals surface area contributed by atoms with Crippen molar-refractivity contribution in [2.75, 3.05) is 13.1 Å². The van der Waals surface area contributed by atoms with Crippen molar-refractivity contribution in [3.05, 3.63) is 36.0 Å². The Balaban J connectivity index is 1.50. The molecule has 3 rings (SSSR count). The van der Waals surface area contributed by atoms with Crippen LogP contribution in [0.3, 0.4) is 0 Å². The predicted molar refractivity (Wildman–Crippen MR) is 110 cm³/mol. The minimum atomic E-state index is -0.561. The van der Waals surface area contributed by atoms with Crippen LogP contribution in [0.1, 0.15) is 52.0 Å². The quantitative estimate of drug-likeness (QED) is 0.764. The number of nitrogens with zero attached hydrogens (tertiary/aromatic N) is 1. The number of H-pyrrole nitrogens is 1. The molecule has 2 amide bonds. The molecule has 2 aromatic rings. The highest BCUT2D eigenvalue weighted by atomic mass is 16.6. The zero-order valence-electron chi connectivity index (χ0n) is 17.1. The highest BCUT2D eigenvalue weighted by Crippen LogP contribution is 2.21. The van der Waals surface area contributed by atoms with Crippen LogP contribution in [0.15, 0.2) is 30.5 Å². The van der Waals surface area contributed by atoms with E-state index in [1.165, 1.54) is 10.9 Å². The molecule has 2 N–H and O–H groups in total. The second-order valence-electron chi connectivity index (χ2n) is 8.44. The first-order valence-corrected chi connectivity index (χ1v) is 10.2. The van der Waals surface area contributed by atoms with Gasteiger partial charge in [-0.05, 0) is 64.5 Å². The summed E-state index contributed by atoms with van der Waals surface area (Å²) in [6.45, 7) is 6.69. The molecule has 28 heavy (non-hydrogen) atoms. The number of aryl methyl sites for hydroxylation is 1. The van der Waals surface area contributed by atoms with Crippen LogP contribution < -0.4 is 5.32 Å². The van der Waals surface area contributed by atoms with Crippen LogP contribution >= 0.6 is 0 Å². The van der Waals surface area contributed by atoms with Gasteiger partial charge in [0.2, 0.25) is 5.91 Å². The first-order chi connectivity index (χ1) is 13.3. The number of carbonyl (C=O) groups excluding carboxylic acids is 2. The third-order valence-electron chi connectivity index (χ3n) is 5.03. The molecule has 1 fully saturated rings. The summed E-state index contributed by atoms with van der Waals surface area (Å²) in [7, 11) is 0. The predicted octanol–water partition coefficient (Wildman–Crippen LogP) is 4.01. The Bertz CT molecular complexity index is 822. The third-order valence-corrected chi connectivity index (χ3v) is 5.03. The van der Waals surface area contributed by atoms with Crippen molar-refractivity contribution in [2.24, 2.45) is 0 Å². The summed E-state index contributed by atoms with van der Waals surface area (Å²) in [5.74, 6) is -0.0792. The number of nitrogens with one attached hydrogen (secondary N) is 2. The van der Waals surface area contributed by atoms with E-state index in [0.29, 0.717) is 19.5 Å². The van der Waals surface area contributed by atoms with Crippen LogP contribution in [-0.4, -0.2) is 46.6 Å². The Morgan fingerprint density at radius 2 is 2.04 bits per heavy atom. The molecule has 0 unspecified atom stereocenters. The smallest absolute Gasteiger partial charge is 0.410 e. The number of ether oxygens (including phenoxy) is 1. The van der Waals surface area contributed by atoms with E-state index in [1.807, 2.05) is 39.1 Å². The molecule has 1 aromatic heterocycles. The number of hydrogen-bond donors (Lipinski definition) is 2. The van der Waals surface area contributed by atoms with Gasteiger partial charge < -0.3 is 15.0 Å². The number of likely N-dealkylation sites (tertiary alicyclic amines) is 1. The number of rotatable bonds is 5. The second kappa shape index (κ2) is 8.67. The van der Waals surface area contributed by atoms with E-state index in [9.17, 15) is 9.59 Å². The van der Waals surface area contributed by atoms with Crippen LogP contribution in [0.5, 0.6) is 0 Å². The number of hydrogen-bond acceptors (Lipinski definition) is 3. The molecule has 0 aliphatic carbocycles. The topological polar surface area (TPSA) is 74.4 Å². The molecule has 6 nitrogen and oxygen atoms in total. The third kappa shape index (κ3) is 5.06. The summed E-state index contributed by atoms with van der Waals surface area (Å²) >= 11 is 0. The first kappa shape index (κ1) is 20.2. The lowest BCUT2D eigenvalue weighted by molar-refractivity contribution is -0.127.